The van der Waals surface area contributed by atoms with Gasteiger partial charge in [0, 0.05) is 18.0 Å². The standard InChI is InChI=1S/C18H24N4O3/c1-18(2,3)25-17(23)22-11-7-10-16(15(12-22)20-21-19)24-13-14-8-5-4-6-9-14/h4-10,15-16H,11-13H2,1-3H3/t15-,16-/m1/s1. The van der Waals surface area contributed by atoms with Gasteiger partial charge in [0.25, 0.3) is 0 Å². The highest BCUT2D eigenvalue weighted by atomic mass is 16.6. The Labute approximate surface area is 147 Å². The summed E-state index contributed by atoms with van der Waals surface area (Å²) in [6.07, 6.45) is 2.85. The van der Waals surface area contributed by atoms with Crippen LogP contribution in [0.3, 0.4) is 0 Å². The van der Waals surface area contributed by atoms with Gasteiger partial charge in [-0.2, -0.15) is 0 Å². The molecule has 0 unspecified atom stereocenters. The summed E-state index contributed by atoms with van der Waals surface area (Å²) in [7, 11) is 0. The maximum atomic E-state index is 12.3. The quantitative estimate of drug-likeness (QED) is 0.357. The third-order valence-electron chi connectivity index (χ3n) is 3.58. The van der Waals surface area contributed by atoms with Crippen molar-refractivity contribution in [3.8, 4) is 0 Å². The van der Waals surface area contributed by atoms with Crippen LogP contribution in [0.25, 0.3) is 10.4 Å². The number of azide groups is 1. The second-order valence-corrected chi connectivity index (χ2v) is 6.85. The van der Waals surface area contributed by atoms with Crippen LogP contribution in [0.15, 0.2) is 47.6 Å². The molecule has 2 rings (SSSR count). The molecule has 0 saturated heterocycles. The van der Waals surface area contributed by atoms with Crippen LogP contribution < -0.4 is 0 Å². The molecular weight excluding hydrogens is 320 g/mol. The molecule has 25 heavy (non-hydrogen) atoms. The average molecular weight is 344 g/mol. The molecule has 1 aromatic carbocycles. The molecule has 0 saturated carbocycles. The van der Waals surface area contributed by atoms with E-state index in [0.29, 0.717) is 13.2 Å². The number of hydrogen-bond donors (Lipinski definition) is 0. The molecule has 0 fully saturated rings. The fourth-order valence-corrected chi connectivity index (χ4v) is 2.43. The second-order valence-electron chi connectivity index (χ2n) is 6.85. The van der Waals surface area contributed by atoms with E-state index in [2.05, 4.69) is 10.0 Å². The molecular formula is C18H24N4O3. The van der Waals surface area contributed by atoms with Crippen molar-refractivity contribution in [1.29, 1.82) is 0 Å². The Kier molecular flexibility index (Phi) is 6.44. The van der Waals surface area contributed by atoms with Crippen LogP contribution in [-0.4, -0.2) is 41.8 Å². The molecule has 134 valence electrons. The van der Waals surface area contributed by atoms with Crippen molar-refractivity contribution >= 4 is 6.09 Å². The molecule has 7 nitrogen and oxygen atoms in total. The van der Waals surface area contributed by atoms with Crippen LogP contribution in [0, 0.1) is 0 Å². The number of ether oxygens (including phenoxy) is 2. The molecule has 1 aliphatic heterocycles. The normalized spacial score (nSPS) is 20.5. The van der Waals surface area contributed by atoms with Crippen LogP contribution in [0.2, 0.25) is 0 Å². The van der Waals surface area contributed by atoms with Gasteiger partial charge >= 0.3 is 6.09 Å². The Morgan fingerprint density at radius 3 is 2.72 bits per heavy atom. The van der Waals surface area contributed by atoms with Crippen molar-refractivity contribution < 1.29 is 14.3 Å². The predicted octanol–water partition coefficient (Wildman–Crippen LogP) is 4.06. The van der Waals surface area contributed by atoms with Crippen LogP contribution in [-0.2, 0) is 16.1 Å². The maximum Gasteiger partial charge on any atom is 0.410 e. The Hall–Kier alpha value is -2.50. The SMILES string of the molecule is CC(C)(C)OC(=O)N1CC=C[C@@H](OCc2ccccc2)[C@H](N=[N+]=[N-])C1. The molecule has 2 atom stereocenters. The Morgan fingerprint density at radius 2 is 2.08 bits per heavy atom. The lowest BCUT2D eigenvalue weighted by atomic mass is 10.1. The van der Waals surface area contributed by atoms with Gasteiger partial charge in [0.1, 0.15) is 5.60 Å². The fraction of sp³-hybridized carbons (Fsp3) is 0.500. The second kappa shape index (κ2) is 8.55. The molecule has 0 spiro atoms. The molecule has 0 aromatic heterocycles. The largest absolute Gasteiger partial charge is 0.444 e. The van der Waals surface area contributed by atoms with Crippen molar-refractivity contribution in [2.24, 2.45) is 5.11 Å². The lowest BCUT2D eigenvalue weighted by Gasteiger charge is -2.28. The summed E-state index contributed by atoms with van der Waals surface area (Å²) in [4.78, 5) is 16.7. The Morgan fingerprint density at radius 1 is 1.36 bits per heavy atom. The van der Waals surface area contributed by atoms with E-state index in [-0.39, 0.29) is 6.54 Å². The van der Waals surface area contributed by atoms with Crippen molar-refractivity contribution in [3.05, 3.63) is 58.5 Å². The molecule has 0 N–H and O–H groups in total. The molecule has 1 amide bonds. The van der Waals surface area contributed by atoms with Gasteiger partial charge in [-0.25, -0.2) is 4.79 Å². The molecule has 7 heteroatoms. The minimum Gasteiger partial charge on any atom is -0.444 e. The van der Waals surface area contributed by atoms with Crippen molar-refractivity contribution in [1.82, 2.24) is 4.90 Å². The first-order chi connectivity index (χ1) is 11.9. The topological polar surface area (TPSA) is 87.5 Å². The summed E-state index contributed by atoms with van der Waals surface area (Å²) in [5, 5.41) is 3.82. The minimum atomic E-state index is -0.579. The minimum absolute atomic E-state index is 0.241. The predicted molar refractivity (Wildman–Crippen MR) is 94.9 cm³/mol. The number of benzene rings is 1. The van der Waals surface area contributed by atoms with Gasteiger partial charge in [-0.1, -0.05) is 47.6 Å². The third kappa shape index (κ3) is 6.14. The van der Waals surface area contributed by atoms with Gasteiger partial charge in [-0.3, -0.25) is 0 Å². The van der Waals surface area contributed by atoms with E-state index in [0.717, 1.165) is 5.56 Å². The first-order valence-electron chi connectivity index (χ1n) is 8.23. The molecule has 1 heterocycles. The zero-order chi connectivity index (χ0) is 18.3. The summed E-state index contributed by atoms with van der Waals surface area (Å²) < 4.78 is 11.3. The van der Waals surface area contributed by atoms with E-state index in [4.69, 9.17) is 15.0 Å². The van der Waals surface area contributed by atoms with Crippen LogP contribution in [0.1, 0.15) is 26.3 Å². The zero-order valence-electron chi connectivity index (χ0n) is 14.8. The highest BCUT2D eigenvalue weighted by Crippen LogP contribution is 2.17. The third-order valence-corrected chi connectivity index (χ3v) is 3.58. The first kappa shape index (κ1) is 18.8. The first-order valence-corrected chi connectivity index (χ1v) is 8.23. The van der Waals surface area contributed by atoms with E-state index in [1.165, 1.54) is 4.90 Å². The number of carbonyl (C=O) groups is 1. The summed E-state index contributed by atoms with van der Waals surface area (Å²) in [6, 6.07) is 9.25. The lowest BCUT2D eigenvalue weighted by molar-refractivity contribution is 0.0188. The Balaban J connectivity index is 2.04. The van der Waals surface area contributed by atoms with Gasteiger partial charge < -0.3 is 14.4 Å². The zero-order valence-corrected chi connectivity index (χ0v) is 14.8. The molecule has 0 radical (unpaired) electrons. The summed E-state index contributed by atoms with van der Waals surface area (Å²) in [6.45, 7) is 6.47. The van der Waals surface area contributed by atoms with Gasteiger partial charge in [0.2, 0.25) is 0 Å². The van der Waals surface area contributed by atoms with Gasteiger partial charge in [0.15, 0.2) is 0 Å². The van der Waals surface area contributed by atoms with Crippen LogP contribution >= 0.6 is 0 Å². The van der Waals surface area contributed by atoms with Gasteiger partial charge in [0.05, 0.1) is 18.8 Å². The number of carbonyl (C=O) groups excluding carboxylic acids is 1. The summed E-state index contributed by atoms with van der Waals surface area (Å²) in [5.74, 6) is 0. The number of hydrogen-bond acceptors (Lipinski definition) is 4. The number of nitrogens with zero attached hydrogens (tertiary/aromatic N) is 4. The van der Waals surface area contributed by atoms with E-state index in [1.807, 2.05) is 63.3 Å². The van der Waals surface area contributed by atoms with Gasteiger partial charge in [-0.05, 0) is 31.9 Å². The number of rotatable bonds is 4. The lowest BCUT2D eigenvalue weighted by Crippen LogP contribution is -2.42. The van der Waals surface area contributed by atoms with Gasteiger partial charge in [-0.15, -0.1) is 0 Å². The molecule has 1 aromatic rings. The monoisotopic (exact) mass is 344 g/mol. The Bertz CT molecular complexity index is 648. The van der Waals surface area contributed by atoms with E-state index in [1.54, 1.807) is 0 Å². The molecule has 1 aliphatic rings. The number of amides is 1. The molecule has 0 aliphatic carbocycles. The van der Waals surface area contributed by atoms with Crippen molar-refractivity contribution in [2.45, 2.75) is 45.1 Å². The van der Waals surface area contributed by atoms with E-state index in [9.17, 15) is 4.79 Å². The van der Waals surface area contributed by atoms with Crippen LogP contribution in [0.5, 0.6) is 0 Å². The summed E-state index contributed by atoms with van der Waals surface area (Å²) in [5.41, 5.74) is 9.32. The average Bonchev–Trinajstić information content (AvgIpc) is 2.75. The van der Waals surface area contributed by atoms with Crippen LogP contribution in [0.4, 0.5) is 4.79 Å². The van der Waals surface area contributed by atoms with Crippen molar-refractivity contribution in [3.63, 3.8) is 0 Å². The summed E-state index contributed by atoms with van der Waals surface area (Å²) >= 11 is 0. The molecule has 0 bridgehead atoms. The maximum absolute atomic E-state index is 12.3. The van der Waals surface area contributed by atoms with E-state index < -0.39 is 23.8 Å². The highest BCUT2D eigenvalue weighted by Gasteiger charge is 2.29. The van der Waals surface area contributed by atoms with E-state index >= 15 is 0 Å². The fourth-order valence-electron chi connectivity index (χ4n) is 2.43. The smallest absolute Gasteiger partial charge is 0.410 e. The highest BCUT2D eigenvalue weighted by molar-refractivity contribution is 5.68. The van der Waals surface area contributed by atoms with Crippen molar-refractivity contribution in [2.75, 3.05) is 13.1 Å².